The number of benzene rings is 1. The van der Waals surface area contributed by atoms with Gasteiger partial charge < -0.3 is 4.42 Å². The lowest BCUT2D eigenvalue weighted by Crippen LogP contribution is -1.92. The molecule has 1 aromatic carbocycles. The summed E-state index contributed by atoms with van der Waals surface area (Å²) in [4.78, 5) is 10.3. The second-order valence-electron chi connectivity index (χ2n) is 5.42. The van der Waals surface area contributed by atoms with Crippen molar-refractivity contribution in [1.29, 1.82) is 0 Å². The van der Waals surface area contributed by atoms with E-state index >= 15 is 0 Å². The lowest BCUT2D eigenvalue weighted by molar-refractivity contribution is -0.384. The van der Waals surface area contributed by atoms with Gasteiger partial charge in [-0.2, -0.15) is 0 Å². The van der Waals surface area contributed by atoms with Crippen LogP contribution in [0.25, 0.3) is 17.1 Å². The Morgan fingerprint density at radius 2 is 1.92 bits per heavy atom. The number of hydrogen-bond donors (Lipinski definition) is 0. The van der Waals surface area contributed by atoms with Gasteiger partial charge in [0.05, 0.1) is 10.2 Å². The molecule has 3 heterocycles. The first-order chi connectivity index (χ1) is 12.6. The second-order valence-corrected chi connectivity index (χ2v) is 6.73. The smallest absolute Gasteiger partial charge is 0.269 e. The molecule has 0 saturated carbocycles. The SMILES string of the molecule is C[C@@H](Sc1nnc2ccccn12)c1nnc(-c2ccc([N+](=O)[O-])cc2)o1. The second kappa shape index (κ2) is 6.56. The van der Waals surface area contributed by atoms with E-state index in [0.29, 0.717) is 17.3 Å². The van der Waals surface area contributed by atoms with E-state index in [9.17, 15) is 10.1 Å². The molecule has 0 fully saturated rings. The Labute approximate surface area is 151 Å². The molecule has 0 saturated heterocycles. The Morgan fingerprint density at radius 3 is 2.69 bits per heavy atom. The Kier molecular flexibility index (Phi) is 4.09. The van der Waals surface area contributed by atoms with Crippen molar-refractivity contribution in [2.24, 2.45) is 0 Å². The summed E-state index contributed by atoms with van der Waals surface area (Å²) in [7, 11) is 0. The number of nitro benzene ring substituents is 1. The molecule has 0 aliphatic carbocycles. The van der Waals surface area contributed by atoms with Gasteiger partial charge in [0.15, 0.2) is 10.8 Å². The average molecular weight is 368 g/mol. The first-order valence-corrected chi connectivity index (χ1v) is 8.54. The maximum absolute atomic E-state index is 10.7. The minimum Gasteiger partial charge on any atom is -0.419 e. The molecule has 0 bridgehead atoms. The maximum Gasteiger partial charge on any atom is 0.269 e. The molecule has 0 unspecified atom stereocenters. The zero-order valence-corrected chi connectivity index (χ0v) is 14.3. The highest BCUT2D eigenvalue weighted by Crippen LogP contribution is 2.34. The van der Waals surface area contributed by atoms with Crippen LogP contribution < -0.4 is 0 Å². The molecule has 3 aromatic heterocycles. The van der Waals surface area contributed by atoms with E-state index in [1.807, 2.05) is 35.7 Å². The molecule has 0 aliphatic heterocycles. The van der Waals surface area contributed by atoms with E-state index < -0.39 is 4.92 Å². The van der Waals surface area contributed by atoms with E-state index in [0.717, 1.165) is 10.8 Å². The van der Waals surface area contributed by atoms with Crippen molar-refractivity contribution in [1.82, 2.24) is 24.8 Å². The van der Waals surface area contributed by atoms with Crippen LogP contribution in [0.3, 0.4) is 0 Å². The van der Waals surface area contributed by atoms with Crippen LogP contribution in [0.2, 0.25) is 0 Å². The van der Waals surface area contributed by atoms with E-state index in [2.05, 4.69) is 20.4 Å². The molecule has 0 amide bonds. The average Bonchev–Trinajstić information content (AvgIpc) is 3.30. The molecule has 0 radical (unpaired) electrons. The third-order valence-corrected chi connectivity index (χ3v) is 4.72. The zero-order valence-electron chi connectivity index (χ0n) is 13.5. The van der Waals surface area contributed by atoms with Crippen LogP contribution in [-0.4, -0.2) is 29.7 Å². The molecule has 10 heteroatoms. The highest BCUT2D eigenvalue weighted by atomic mass is 32.2. The molecule has 0 N–H and O–H groups in total. The van der Waals surface area contributed by atoms with Crippen molar-refractivity contribution >= 4 is 23.1 Å². The highest BCUT2D eigenvalue weighted by molar-refractivity contribution is 7.99. The number of non-ortho nitro benzene ring substituents is 1. The van der Waals surface area contributed by atoms with Gasteiger partial charge in [0.25, 0.3) is 5.69 Å². The van der Waals surface area contributed by atoms with Gasteiger partial charge in [0, 0.05) is 23.9 Å². The Morgan fingerprint density at radius 1 is 1.12 bits per heavy atom. The van der Waals surface area contributed by atoms with Gasteiger partial charge in [-0.25, -0.2) is 0 Å². The topological polar surface area (TPSA) is 112 Å². The molecule has 0 aliphatic rings. The predicted molar refractivity (Wildman–Crippen MR) is 93.6 cm³/mol. The number of aromatic nitrogens is 5. The Bertz CT molecular complexity index is 1070. The molecule has 0 spiro atoms. The van der Waals surface area contributed by atoms with Crippen LogP contribution >= 0.6 is 11.8 Å². The standard InChI is InChI=1S/C16H12N6O3S/c1-10(26-16-20-17-13-4-2-3-9-21(13)16)14-18-19-15(25-14)11-5-7-12(8-6-11)22(23)24/h2-10H,1H3/t10-/m1/s1. The number of fused-ring (bicyclic) bond motifs is 1. The van der Waals surface area contributed by atoms with Crippen molar-refractivity contribution < 1.29 is 9.34 Å². The normalized spacial score (nSPS) is 12.3. The van der Waals surface area contributed by atoms with Gasteiger partial charge in [0.1, 0.15) is 0 Å². The summed E-state index contributed by atoms with van der Waals surface area (Å²) in [6.07, 6.45) is 1.89. The Hall–Kier alpha value is -3.27. The number of pyridine rings is 1. The molecule has 4 rings (SSSR count). The third-order valence-electron chi connectivity index (χ3n) is 3.68. The minimum absolute atomic E-state index is 0.0103. The van der Waals surface area contributed by atoms with Crippen molar-refractivity contribution in [3.63, 3.8) is 0 Å². The fraction of sp³-hybridized carbons (Fsp3) is 0.125. The first-order valence-electron chi connectivity index (χ1n) is 7.66. The summed E-state index contributed by atoms with van der Waals surface area (Å²) >= 11 is 1.45. The lowest BCUT2D eigenvalue weighted by Gasteiger charge is -2.04. The third kappa shape index (κ3) is 3.02. The van der Waals surface area contributed by atoms with Crippen LogP contribution in [0.1, 0.15) is 18.1 Å². The van der Waals surface area contributed by atoms with E-state index in [1.54, 1.807) is 12.1 Å². The van der Waals surface area contributed by atoms with Gasteiger partial charge >= 0.3 is 0 Å². The van der Waals surface area contributed by atoms with Crippen LogP contribution in [0.4, 0.5) is 5.69 Å². The van der Waals surface area contributed by atoms with Gasteiger partial charge in [-0.1, -0.05) is 17.8 Å². The summed E-state index contributed by atoms with van der Waals surface area (Å²) in [6.45, 7) is 1.93. The first kappa shape index (κ1) is 16.2. The molecular formula is C16H12N6O3S. The maximum atomic E-state index is 10.7. The number of rotatable bonds is 5. The molecule has 130 valence electrons. The Balaban J connectivity index is 1.54. The van der Waals surface area contributed by atoms with Crippen molar-refractivity contribution in [2.75, 3.05) is 0 Å². The van der Waals surface area contributed by atoms with Crippen LogP contribution in [-0.2, 0) is 0 Å². The molecule has 1 atom stereocenters. The molecular weight excluding hydrogens is 356 g/mol. The number of nitrogens with zero attached hydrogens (tertiary/aromatic N) is 6. The minimum atomic E-state index is -0.454. The summed E-state index contributed by atoms with van der Waals surface area (Å²) in [5.41, 5.74) is 1.40. The monoisotopic (exact) mass is 368 g/mol. The van der Waals surface area contributed by atoms with Crippen molar-refractivity contribution in [2.45, 2.75) is 17.3 Å². The summed E-state index contributed by atoms with van der Waals surface area (Å²) < 4.78 is 7.61. The summed E-state index contributed by atoms with van der Waals surface area (Å²) in [6, 6.07) is 11.7. The van der Waals surface area contributed by atoms with Gasteiger partial charge in [0.2, 0.25) is 11.8 Å². The van der Waals surface area contributed by atoms with Crippen LogP contribution in [0.5, 0.6) is 0 Å². The molecule has 4 aromatic rings. The van der Waals surface area contributed by atoms with E-state index in [-0.39, 0.29) is 10.9 Å². The number of nitro groups is 1. The zero-order chi connectivity index (χ0) is 18.1. The van der Waals surface area contributed by atoms with Gasteiger partial charge in [-0.05, 0) is 31.2 Å². The fourth-order valence-corrected chi connectivity index (χ4v) is 3.22. The van der Waals surface area contributed by atoms with Gasteiger partial charge in [-0.3, -0.25) is 14.5 Å². The van der Waals surface area contributed by atoms with Crippen LogP contribution in [0, 0.1) is 10.1 Å². The summed E-state index contributed by atoms with van der Waals surface area (Å²) in [5.74, 6) is 0.754. The van der Waals surface area contributed by atoms with Gasteiger partial charge in [-0.15, -0.1) is 20.4 Å². The summed E-state index contributed by atoms with van der Waals surface area (Å²) in [5, 5.41) is 27.7. The fourth-order valence-electron chi connectivity index (χ4n) is 2.35. The highest BCUT2D eigenvalue weighted by Gasteiger charge is 2.19. The largest absolute Gasteiger partial charge is 0.419 e. The predicted octanol–water partition coefficient (Wildman–Crippen LogP) is 3.54. The molecule has 9 nitrogen and oxygen atoms in total. The lowest BCUT2D eigenvalue weighted by atomic mass is 10.2. The van der Waals surface area contributed by atoms with E-state index in [4.69, 9.17) is 4.42 Å². The number of thioether (sulfide) groups is 1. The van der Waals surface area contributed by atoms with Crippen molar-refractivity contribution in [3.8, 4) is 11.5 Å². The quantitative estimate of drug-likeness (QED) is 0.299. The van der Waals surface area contributed by atoms with Crippen LogP contribution in [0.15, 0.2) is 58.2 Å². The van der Waals surface area contributed by atoms with E-state index in [1.165, 1.54) is 23.9 Å². The molecule has 26 heavy (non-hydrogen) atoms. The number of hydrogen-bond acceptors (Lipinski definition) is 8. The van der Waals surface area contributed by atoms with Crippen molar-refractivity contribution in [3.05, 3.63) is 64.7 Å².